The van der Waals surface area contributed by atoms with E-state index in [0.717, 1.165) is 4.47 Å². The van der Waals surface area contributed by atoms with Gasteiger partial charge in [0, 0.05) is 13.8 Å². The second-order valence-electron chi connectivity index (χ2n) is 2.12. The highest BCUT2D eigenvalue weighted by molar-refractivity contribution is 9.13. The predicted molar refractivity (Wildman–Crippen MR) is 53.8 cm³/mol. The van der Waals surface area contributed by atoms with Crippen molar-refractivity contribution in [1.29, 1.82) is 0 Å². The van der Waals surface area contributed by atoms with Gasteiger partial charge in [-0.05, 0) is 61.8 Å². The highest BCUT2D eigenvalue weighted by Gasteiger charge is 2.29. The van der Waals surface area contributed by atoms with Gasteiger partial charge in [-0.3, -0.25) is 0 Å². The molecule has 1 aromatic carbocycles. The number of hydrogen-bond donors (Lipinski definition) is 0. The molecule has 0 amide bonds. The largest absolute Gasteiger partial charge is 0.446 e. The summed E-state index contributed by atoms with van der Waals surface area (Å²) in [5.74, 6) is 0. The Bertz CT molecular complexity index is 311. The van der Waals surface area contributed by atoms with Gasteiger partial charge in [-0.2, -0.15) is 13.2 Å². The number of hydrogen-bond acceptors (Lipinski definition) is 1. The van der Waals surface area contributed by atoms with Crippen LogP contribution in [0.4, 0.5) is 13.2 Å². The van der Waals surface area contributed by atoms with E-state index >= 15 is 0 Å². The quantitative estimate of drug-likeness (QED) is 0.663. The number of alkyl halides is 3. The molecule has 1 rings (SSSR count). The Kier molecular flexibility index (Phi) is 3.71. The van der Waals surface area contributed by atoms with Crippen LogP contribution in [0.15, 0.2) is 32.0 Å². The van der Waals surface area contributed by atoms with E-state index in [1.807, 2.05) is 0 Å². The van der Waals surface area contributed by atoms with Gasteiger partial charge < -0.3 is 0 Å². The first-order valence-corrected chi connectivity index (χ1v) is 5.49. The van der Waals surface area contributed by atoms with Crippen LogP contribution in [0.5, 0.6) is 0 Å². The summed E-state index contributed by atoms with van der Waals surface area (Å²) < 4.78 is 37.1. The van der Waals surface area contributed by atoms with Crippen molar-refractivity contribution in [1.82, 2.24) is 0 Å². The molecule has 0 aliphatic carbocycles. The molecule has 0 atom stereocenters. The fourth-order valence-corrected chi connectivity index (χ4v) is 2.03. The van der Waals surface area contributed by atoms with Gasteiger partial charge in [-0.1, -0.05) is 0 Å². The summed E-state index contributed by atoms with van der Waals surface area (Å²) in [6, 6.07) is 4.40. The van der Waals surface area contributed by atoms with E-state index in [9.17, 15) is 13.2 Å². The molecule has 0 N–H and O–H groups in total. The number of rotatable bonds is 1. The molecule has 0 heterocycles. The lowest BCUT2D eigenvalue weighted by Gasteiger charge is -2.05. The van der Waals surface area contributed by atoms with Gasteiger partial charge in [-0.15, -0.1) is 0 Å². The normalized spacial score (nSPS) is 11.8. The average molecular weight is 336 g/mol. The molecule has 0 spiro atoms. The molecule has 0 saturated carbocycles. The first-order valence-electron chi connectivity index (χ1n) is 3.09. The van der Waals surface area contributed by atoms with Crippen LogP contribution in [-0.4, -0.2) is 5.51 Å². The van der Waals surface area contributed by atoms with E-state index in [1.54, 1.807) is 6.07 Å². The van der Waals surface area contributed by atoms with E-state index in [-0.39, 0.29) is 16.7 Å². The van der Waals surface area contributed by atoms with E-state index in [4.69, 9.17) is 0 Å². The van der Waals surface area contributed by atoms with Crippen molar-refractivity contribution in [2.45, 2.75) is 10.4 Å². The molecule has 0 aliphatic heterocycles. The maximum Gasteiger partial charge on any atom is 0.446 e. The molecule has 0 nitrogen and oxygen atoms in total. The summed E-state index contributed by atoms with van der Waals surface area (Å²) in [5, 5.41) is 0. The van der Waals surface area contributed by atoms with E-state index in [2.05, 4.69) is 31.9 Å². The standard InChI is InChI=1S/C7H3Br2F3S/c8-5-2-1-4(3-6(5)9)13-7(10,11)12/h1-3H. The molecule has 0 aromatic heterocycles. The molecular weight excluding hydrogens is 333 g/mol. The Morgan fingerprint density at radius 1 is 1.08 bits per heavy atom. The van der Waals surface area contributed by atoms with Gasteiger partial charge in [0.2, 0.25) is 0 Å². The molecule has 0 bridgehead atoms. The Hall–Kier alpha value is 0.320. The van der Waals surface area contributed by atoms with Crippen molar-refractivity contribution in [2.24, 2.45) is 0 Å². The minimum Gasteiger partial charge on any atom is -0.160 e. The maximum atomic E-state index is 11.9. The highest BCUT2D eigenvalue weighted by Crippen LogP contribution is 2.38. The number of benzene rings is 1. The maximum absolute atomic E-state index is 11.9. The molecular formula is C7H3Br2F3S. The average Bonchev–Trinajstić information content (AvgIpc) is 1.94. The van der Waals surface area contributed by atoms with Crippen molar-refractivity contribution in [3.63, 3.8) is 0 Å². The summed E-state index contributed by atoms with van der Waals surface area (Å²) in [4.78, 5) is 0.169. The van der Waals surface area contributed by atoms with Gasteiger partial charge in [0.1, 0.15) is 0 Å². The van der Waals surface area contributed by atoms with Gasteiger partial charge in [0.05, 0.1) is 0 Å². The number of halogens is 5. The zero-order chi connectivity index (χ0) is 10.1. The first kappa shape index (κ1) is 11.4. The number of thioether (sulfide) groups is 1. The molecule has 0 radical (unpaired) electrons. The second kappa shape index (κ2) is 4.23. The lowest BCUT2D eigenvalue weighted by Crippen LogP contribution is -1.98. The molecule has 6 heteroatoms. The first-order chi connectivity index (χ1) is 5.88. The van der Waals surface area contributed by atoms with Gasteiger partial charge in [-0.25, -0.2) is 0 Å². The van der Waals surface area contributed by atoms with E-state index in [0.29, 0.717) is 4.47 Å². The molecule has 0 saturated heterocycles. The van der Waals surface area contributed by atoms with Crippen molar-refractivity contribution < 1.29 is 13.2 Å². The molecule has 72 valence electrons. The fraction of sp³-hybridized carbons (Fsp3) is 0.143. The topological polar surface area (TPSA) is 0 Å². The molecule has 1 aromatic rings. The van der Waals surface area contributed by atoms with Crippen LogP contribution < -0.4 is 0 Å². The third-order valence-electron chi connectivity index (χ3n) is 1.12. The predicted octanol–water partition coefficient (Wildman–Crippen LogP) is 4.82. The van der Waals surface area contributed by atoms with Gasteiger partial charge >= 0.3 is 5.51 Å². The Morgan fingerprint density at radius 2 is 1.69 bits per heavy atom. The van der Waals surface area contributed by atoms with E-state index in [1.165, 1.54) is 12.1 Å². The third kappa shape index (κ3) is 3.91. The van der Waals surface area contributed by atoms with Crippen molar-refractivity contribution in [2.75, 3.05) is 0 Å². The van der Waals surface area contributed by atoms with Crippen molar-refractivity contribution >= 4 is 43.6 Å². The van der Waals surface area contributed by atoms with Gasteiger partial charge in [0.15, 0.2) is 0 Å². The third-order valence-corrected chi connectivity index (χ3v) is 3.73. The fourth-order valence-electron chi connectivity index (χ4n) is 0.674. The van der Waals surface area contributed by atoms with Crippen LogP contribution in [0.25, 0.3) is 0 Å². The summed E-state index contributed by atoms with van der Waals surface area (Å²) in [5.41, 5.74) is -4.23. The summed E-state index contributed by atoms with van der Waals surface area (Å²) in [7, 11) is 0. The van der Waals surface area contributed by atoms with Crippen molar-refractivity contribution in [3.8, 4) is 0 Å². The Balaban J connectivity index is 2.86. The molecule has 13 heavy (non-hydrogen) atoms. The SMILES string of the molecule is FC(F)(F)Sc1ccc(Br)c(Br)c1. The molecule has 0 fully saturated rings. The monoisotopic (exact) mass is 334 g/mol. The lowest BCUT2D eigenvalue weighted by molar-refractivity contribution is -0.0328. The summed E-state index contributed by atoms with van der Waals surface area (Å²) in [6.07, 6.45) is 0. The minimum atomic E-state index is -4.23. The van der Waals surface area contributed by atoms with E-state index < -0.39 is 5.51 Å². The van der Waals surface area contributed by atoms with Gasteiger partial charge in [0.25, 0.3) is 0 Å². The van der Waals surface area contributed by atoms with Crippen LogP contribution in [-0.2, 0) is 0 Å². The summed E-state index contributed by atoms with van der Waals surface area (Å²) >= 11 is 6.17. The Labute approximate surface area is 94.2 Å². The molecule has 0 unspecified atom stereocenters. The van der Waals surface area contributed by atoms with Crippen LogP contribution in [0.1, 0.15) is 0 Å². The van der Waals surface area contributed by atoms with Crippen LogP contribution >= 0.6 is 43.6 Å². The van der Waals surface area contributed by atoms with Crippen LogP contribution in [0.3, 0.4) is 0 Å². The summed E-state index contributed by atoms with van der Waals surface area (Å²) in [6.45, 7) is 0. The van der Waals surface area contributed by atoms with Crippen LogP contribution in [0.2, 0.25) is 0 Å². The zero-order valence-corrected chi connectivity index (χ0v) is 10.0. The van der Waals surface area contributed by atoms with Crippen LogP contribution in [0, 0.1) is 0 Å². The minimum absolute atomic E-state index is 0.127. The zero-order valence-electron chi connectivity index (χ0n) is 6.03. The smallest absolute Gasteiger partial charge is 0.160 e. The highest BCUT2D eigenvalue weighted by atomic mass is 79.9. The van der Waals surface area contributed by atoms with Crippen molar-refractivity contribution in [3.05, 3.63) is 27.1 Å². The Morgan fingerprint density at radius 3 is 2.15 bits per heavy atom. The second-order valence-corrected chi connectivity index (χ2v) is 4.97. The lowest BCUT2D eigenvalue weighted by atomic mass is 10.4. The molecule has 0 aliphatic rings.